The van der Waals surface area contributed by atoms with E-state index in [1.54, 1.807) is 0 Å². The third-order valence-electron chi connectivity index (χ3n) is 4.25. The molecule has 0 atom stereocenters. The molecule has 2 rings (SSSR count). The van der Waals surface area contributed by atoms with Gasteiger partial charge in [-0.15, -0.1) is 0 Å². The third-order valence-corrected chi connectivity index (χ3v) is 4.25. The minimum absolute atomic E-state index is 0.319. The standard InChI is InChI=1S/C18H28N2O/c1-2-14-20(15-17-10-12-19-13-11-17)18(21)9-8-16-6-4-3-5-7-16/h3-7,17,19H,2,8-15H2,1H3. The van der Waals surface area contributed by atoms with Gasteiger partial charge in [0.15, 0.2) is 0 Å². The van der Waals surface area contributed by atoms with Crippen molar-refractivity contribution in [1.82, 2.24) is 10.2 Å². The van der Waals surface area contributed by atoms with Crippen LogP contribution in [0.3, 0.4) is 0 Å². The normalized spacial score (nSPS) is 15.9. The summed E-state index contributed by atoms with van der Waals surface area (Å²) in [6.07, 6.45) is 4.93. The maximum Gasteiger partial charge on any atom is 0.222 e. The molecule has 1 aromatic carbocycles. The molecule has 1 N–H and O–H groups in total. The van der Waals surface area contributed by atoms with Gasteiger partial charge in [-0.2, -0.15) is 0 Å². The Hall–Kier alpha value is -1.35. The quantitative estimate of drug-likeness (QED) is 0.837. The molecule has 1 fully saturated rings. The van der Waals surface area contributed by atoms with E-state index in [4.69, 9.17) is 0 Å². The molecule has 0 aliphatic carbocycles. The maximum atomic E-state index is 12.5. The minimum atomic E-state index is 0.319. The molecule has 1 amide bonds. The molecule has 3 nitrogen and oxygen atoms in total. The highest BCUT2D eigenvalue weighted by Gasteiger charge is 2.19. The van der Waals surface area contributed by atoms with Crippen LogP contribution in [-0.2, 0) is 11.2 Å². The fraction of sp³-hybridized carbons (Fsp3) is 0.611. The highest BCUT2D eigenvalue weighted by Crippen LogP contribution is 2.15. The largest absolute Gasteiger partial charge is 0.342 e. The number of amides is 1. The van der Waals surface area contributed by atoms with Gasteiger partial charge in [-0.1, -0.05) is 37.3 Å². The monoisotopic (exact) mass is 288 g/mol. The summed E-state index contributed by atoms with van der Waals surface area (Å²) in [7, 11) is 0. The Kier molecular flexibility index (Phi) is 6.74. The molecule has 0 radical (unpaired) electrons. The zero-order valence-corrected chi connectivity index (χ0v) is 13.2. The summed E-state index contributed by atoms with van der Waals surface area (Å²) in [5.74, 6) is 0.998. The highest BCUT2D eigenvalue weighted by atomic mass is 16.2. The van der Waals surface area contributed by atoms with E-state index in [9.17, 15) is 4.79 Å². The van der Waals surface area contributed by atoms with Crippen molar-refractivity contribution in [1.29, 1.82) is 0 Å². The minimum Gasteiger partial charge on any atom is -0.342 e. The van der Waals surface area contributed by atoms with Crippen LogP contribution in [0.5, 0.6) is 0 Å². The van der Waals surface area contributed by atoms with Crippen molar-refractivity contribution in [2.75, 3.05) is 26.2 Å². The number of carbonyl (C=O) groups excluding carboxylic acids is 1. The van der Waals surface area contributed by atoms with Crippen molar-refractivity contribution in [2.45, 2.75) is 39.0 Å². The summed E-state index contributed by atoms with van der Waals surface area (Å²) < 4.78 is 0. The van der Waals surface area contributed by atoms with Crippen molar-refractivity contribution in [3.05, 3.63) is 35.9 Å². The topological polar surface area (TPSA) is 32.3 Å². The van der Waals surface area contributed by atoms with Crippen LogP contribution in [0.4, 0.5) is 0 Å². The van der Waals surface area contributed by atoms with E-state index in [1.165, 1.54) is 18.4 Å². The average molecular weight is 288 g/mol. The highest BCUT2D eigenvalue weighted by molar-refractivity contribution is 5.76. The molecular formula is C18H28N2O. The summed E-state index contributed by atoms with van der Waals surface area (Å²) in [5, 5.41) is 3.39. The number of aryl methyl sites for hydroxylation is 1. The predicted molar refractivity (Wildman–Crippen MR) is 87.2 cm³/mol. The Balaban J connectivity index is 1.82. The van der Waals surface area contributed by atoms with E-state index in [0.29, 0.717) is 18.2 Å². The number of hydrogen-bond donors (Lipinski definition) is 1. The number of nitrogens with one attached hydrogen (secondary N) is 1. The molecule has 21 heavy (non-hydrogen) atoms. The Morgan fingerprint density at radius 1 is 1.24 bits per heavy atom. The summed E-state index contributed by atoms with van der Waals surface area (Å²) in [4.78, 5) is 14.6. The second kappa shape index (κ2) is 8.83. The SMILES string of the molecule is CCCN(CC1CCNCC1)C(=O)CCc1ccccc1. The van der Waals surface area contributed by atoms with Crippen LogP contribution in [-0.4, -0.2) is 37.0 Å². The van der Waals surface area contributed by atoms with Crippen LogP contribution < -0.4 is 5.32 Å². The first kappa shape index (κ1) is 16.0. The van der Waals surface area contributed by atoms with Gasteiger partial charge in [0.05, 0.1) is 0 Å². The van der Waals surface area contributed by atoms with Gasteiger partial charge in [-0.05, 0) is 50.3 Å². The number of nitrogens with zero attached hydrogens (tertiary/aromatic N) is 1. The van der Waals surface area contributed by atoms with Crippen LogP contribution in [0.25, 0.3) is 0 Å². The number of carbonyl (C=O) groups is 1. The van der Waals surface area contributed by atoms with Gasteiger partial charge in [0.2, 0.25) is 5.91 Å². The van der Waals surface area contributed by atoms with Crippen LogP contribution in [0, 0.1) is 5.92 Å². The lowest BCUT2D eigenvalue weighted by Crippen LogP contribution is -2.39. The Morgan fingerprint density at radius 2 is 1.95 bits per heavy atom. The Morgan fingerprint density at radius 3 is 2.62 bits per heavy atom. The fourth-order valence-electron chi connectivity index (χ4n) is 3.02. The van der Waals surface area contributed by atoms with Crippen LogP contribution in [0.2, 0.25) is 0 Å². The molecule has 1 aliphatic heterocycles. The molecule has 0 bridgehead atoms. The van der Waals surface area contributed by atoms with Crippen molar-refractivity contribution < 1.29 is 4.79 Å². The lowest BCUT2D eigenvalue weighted by Gasteiger charge is -2.30. The lowest BCUT2D eigenvalue weighted by atomic mass is 9.97. The van der Waals surface area contributed by atoms with Gasteiger partial charge in [0, 0.05) is 19.5 Å². The van der Waals surface area contributed by atoms with E-state index in [0.717, 1.165) is 39.0 Å². The molecular weight excluding hydrogens is 260 g/mol. The van der Waals surface area contributed by atoms with Gasteiger partial charge in [0.1, 0.15) is 0 Å². The fourth-order valence-corrected chi connectivity index (χ4v) is 3.02. The molecule has 1 saturated heterocycles. The summed E-state index contributed by atoms with van der Waals surface area (Å²) in [5.41, 5.74) is 1.25. The van der Waals surface area contributed by atoms with Gasteiger partial charge >= 0.3 is 0 Å². The van der Waals surface area contributed by atoms with Crippen molar-refractivity contribution in [3.63, 3.8) is 0 Å². The first-order valence-electron chi connectivity index (χ1n) is 8.32. The lowest BCUT2D eigenvalue weighted by molar-refractivity contribution is -0.132. The molecule has 0 saturated carbocycles. The van der Waals surface area contributed by atoms with Gasteiger partial charge in [0.25, 0.3) is 0 Å². The van der Waals surface area contributed by atoms with E-state index < -0.39 is 0 Å². The first-order valence-corrected chi connectivity index (χ1v) is 8.32. The molecule has 1 aromatic rings. The molecule has 0 spiro atoms. The second-order valence-electron chi connectivity index (χ2n) is 6.02. The zero-order valence-electron chi connectivity index (χ0n) is 13.2. The molecule has 0 unspecified atom stereocenters. The summed E-state index contributed by atoms with van der Waals surface area (Å²) >= 11 is 0. The van der Waals surface area contributed by atoms with Crippen molar-refractivity contribution >= 4 is 5.91 Å². The molecule has 1 heterocycles. The van der Waals surface area contributed by atoms with Gasteiger partial charge < -0.3 is 10.2 Å². The van der Waals surface area contributed by atoms with E-state index in [2.05, 4.69) is 29.3 Å². The molecule has 3 heteroatoms. The predicted octanol–water partition coefficient (Wildman–Crippen LogP) is 2.86. The molecule has 116 valence electrons. The number of hydrogen-bond acceptors (Lipinski definition) is 2. The number of piperidine rings is 1. The summed E-state index contributed by atoms with van der Waals surface area (Å²) in [6, 6.07) is 10.3. The smallest absolute Gasteiger partial charge is 0.222 e. The van der Waals surface area contributed by atoms with Crippen LogP contribution >= 0.6 is 0 Å². The van der Waals surface area contributed by atoms with Crippen molar-refractivity contribution in [3.8, 4) is 0 Å². The van der Waals surface area contributed by atoms with Crippen molar-refractivity contribution in [2.24, 2.45) is 5.92 Å². The zero-order chi connectivity index (χ0) is 14.9. The van der Waals surface area contributed by atoms with E-state index in [-0.39, 0.29) is 0 Å². The van der Waals surface area contributed by atoms with Crippen LogP contribution in [0.15, 0.2) is 30.3 Å². The first-order chi connectivity index (χ1) is 10.3. The average Bonchev–Trinajstić information content (AvgIpc) is 2.54. The third kappa shape index (κ3) is 5.50. The number of rotatable bonds is 7. The van der Waals surface area contributed by atoms with Gasteiger partial charge in [-0.3, -0.25) is 4.79 Å². The van der Waals surface area contributed by atoms with Gasteiger partial charge in [-0.25, -0.2) is 0 Å². The Labute approximate surface area is 128 Å². The maximum absolute atomic E-state index is 12.5. The summed E-state index contributed by atoms with van der Waals surface area (Å²) in [6.45, 7) is 6.20. The van der Waals surface area contributed by atoms with E-state index in [1.807, 2.05) is 18.2 Å². The molecule has 0 aromatic heterocycles. The second-order valence-corrected chi connectivity index (χ2v) is 6.02. The van der Waals surface area contributed by atoms with Crippen LogP contribution in [0.1, 0.15) is 38.2 Å². The molecule has 1 aliphatic rings. The Bertz CT molecular complexity index is 412. The van der Waals surface area contributed by atoms with E-state index >= 15 is 0 Å². The number of benzene rings is 1.